The molecule has 106 valence electrons. The molecule has 6 nitrogen and oxygen atoms in total. The van der Waals surface area contributed by atoms with Crippen LogP contribution in [-0.2, 0) is 0 Å². The minimum atomic E-state index is 0.520. The second-order valence-corrected chi connectivity index (χ2v) is 5.94. The van der Waals surface area contributed by atoms with Crippen LogP contribution in [0.5, 0.6) is 0 Å². The van der Waals surface area contributed by atoms with Gasteiger partial charge >= 0.3 is 0 Å². The zero-order valence-electron chi connectivity index (χ0n) is 11.1. The molecule has 0 aromatic rings. The first-order chi connectivity index (χ1) is 8.70. The Morgan fingerprint density at radius 1 is 0.889 bits per heavy atom. The molecule has 0 aliphatic carbocycles. The van der Waals surface area contributed by atoms with Gasteiger partial charge in [0, 0.05) is 24.6 Å². The van der Waals surface area contributed by atoms with Gasteiger partial charge < -0.3 is 22.1 Å². The van der Waals surface area contributed by atoms with Gasteiger partial charge in [-0.3, -0.25) is 9.98 Å². The summed E-state index contributed by atoms with van der Waals surface area (Å²) < 4.78 is 0. The lowest BCUT2D eigenvalue weighted by Gasteiger charge is -2.02. The standard InChI is InChI=1S/C10H24N6S2/c1-3-13-9(11)15-5-7-17-18-8-6-16-10(12)14-4-2/h3-8H2,1-2H3,(H3,11,13,15)(H3,12,14,16). The van der Waals surface area contributed by atoms with Crippen molar-refractivity contribution >= 4 is 33.5 Å². The summed E-state index contributed by atoms with van der Waals surface area (Å²) in [6.07, 6.45) is 0. The molecule has 0 aromatic heterocycles. The van der Waals surface area contributed by atoms with E-state index in [-0.39, 0.29) is 0 Å². The molecule has 0 saturated heterocycles. The van der Waals surface area contributed by atoms with E-state index in [0.29, 0.717) is 11.9 Å². The summed E-state index contributed by atoms with van der Waals surface area (Å²) in [4.78, 5) is 8.35. The summed E-state index contributed by atoms with van der Waals surface area (Å²) in [5, 5.41) is 5.91. The van der Waals surface area contributed by atoms with E-state index in [2.05, 4.69) is 20.6 Å². The summed E-state index contributed by atoms with van der Waals surface area (Å²) in [7, 11) is 3.55. The van der Waals surface area contributed by atoms with Gasteiger partial charge in [-0.1, -0.05) is 21.6 Å². The molecule has 0 bridgehead atoms. The van der Waals surface area contributed by atoms with E-state index >= 15 is 0 Å². The summed E-state index contributed by atoms with van der Waals surface area (Å²) in [6.45, 7) is 7.07. The predicted octanol–water partition coefficient (Wildman–Crippen LogP) is 0.216. The molecule has 18 heavy (non-hydrogen) atoms. The molecule has 0 radical (unpaired) electrons. The Bertz CT molecular complexity index is 231. The highest BCUT2D eigenvalue weighted by molar-refractivity contribution is 8.76. The van der Waals surface area contributed by atoms with E-state index < -0.39 is 0 Å². The maximum absolute atomic E-state index is 5.59. The number of aliphatic imine (C=N–C) groups is 2. The first-order valence-corrected chi connectivity index (χ1v) is 8.51. The van der Waals surface area contributed by atoms with Crippen molar-refractivity contribution in [3.8, 4) is 0 Å². The third-order valence-electron chi connectivity index (χ3n) is 1.71. The molecule has 0 amide bonds. The van der Waals surface area contributed by atoms with Crippen LogP contribution < -0.4 is 22.1 Å². The normalized spacial score (nSPS) is 12.6. The van der Waals surface area contributed by atoms with E-state index in [1.165, 1.54) is 0 Å². The predicted molar refractivity (Wildman–Crippen MR) is 85.2 cm³/mol. The molecule has 0 unspecified atom stereocenters. The Hall–Kier alpha value is -0.760. The number of hydrogen-bond donors (Lipinski definition) is 4. The summed E-state index contributed by atoms with van der Waals surface area (Å²) in [5.74, 6) is 2.93. The Morgan fingerprint density at radius 2 is 1.28 bits per heavy atom. The monoisotopic (exact) mass is 292 g/mol. The van der Waals surface area contributed by atoms with Gasteiger partial charge in [-0.25, -0.2) is 0 Å². The molecular weight excluding hydrogens is 268 g/mol. The van der Waals surface area contributed by atoms with Crippen molar-refractivity contribution in [1.29, 1.82) is 0 Å². The van der Waals surface area contributed by atoms with E-state index in [0.717, 1.165) is 37.7 Å². The number of nitrogens with one attached hydrogen (secondary N) is 2. The van der Waals surface area contributed by atoms with E-state index in [1.54, 1.807) is 21.6 Å². The maximum Gasteiger partial charge on any atom is 0.188 e. The topological polar surface area (TPSA) is 101 Å². The van der Waals surface area contributed by atoms with Gasteiger partial charge in [-0.2, -0.15) is 0 Å². The quantitative estimate of drug-likeness (QED) is 0.210. The van der Waals surface area contributed by atoms with E-state index in [4.69, 9.17) is 11.5 Å². The van der Waals surface area contributed by atoms with Crippen LogP contribution in [0.25, 0.3) is 0 Å². The molecule has 6 N–H and O–H groups in total. The van der Waals surface area contributed by atoms with Gasteiger partial charge in [0.1, 0.15) is 0 Å². The summed E-state index contributed by atoms with van der Waals surface area (Å²) in [6, 6.07) is 0. The minimum Gasteiger partial charge on any atom is -0.370 e. The number of nitrogens with two attached hydrogens (primary N) is 2. The van der Waals surface area contributed by atoms with Crippen molar-refractivity contribution < 1.29 is 0 Å². The van der Waals surface area contributed by atoms with Gasteiger partial charge in [0.15, 0.2) is 11.9 Å². The molecule has 8 heteroatoms. The number of guanidine groups is 2. The lowest BCUT2D eigenvalue weighted by atomic mass is 10.7. The van der Waals surface area contributed by atoms with Crippen LogP contribution in [0.15, 0.2) is 9.98 Å². The zero-order chi connectivity index (χ0) is 13.6. The van der Waals surface area contributed by atoms with Gasteiger partial charge in [-0.15, -0.1) is 0 Å². The first kappa shape index (κ1) is 17.2. The van der Waals surface area contributed by atoms with Crippen molar-refractivity contribution in [1.82, 2.24) is 10.6 Å². The molecular formula is C10H24N6S2. The average Bonchev–Trinajstić information content (AvgIpc) is 2.33. The molecule has 0 aliphatic heterocycles. The molecule has 0 aliphatic rings. The zero-order valence-corrected chi connectivity index (χ0v) is 12.7. The number of nitrogens with zero attached hydrogens (tertiary/aromatic N) is 2. The Labute approximate surface area is 117 Å². The van der Waals surface area contributed by atoms with Crippen LogP contribution in [0.2, 0.25) is 0 Å². The molecule has 0 aromatic carbocycles. The van der Waals surface area contributed by atoms with Crippen LogP contribution in [-0.4, -0.2) is 49.6 Å². The van der Waals surface area contributed by atoms with E-state index in [1.807, 2.05) is 13.8 Å². The summed E-state index contributed by atoms with van der Waals surface area (Å²) in [5.41, 5.74) is 11.2. The average molecular weight is 292 g/mol. The fourth-order valence-corrected chi connectivity index (χ4v) is 2.72. The van der Waals surface area contributed by atoms with Gasteiger partial charge in [0.2, 0.25) is 0 Å². The van der Waals surface area contributed by atoms with Crippen LogP contribution >= 0.6 is 21.6 Å². The van der Waals surface area contributed by atoms with Gasteiger partial charge in [-0.05, 0) is 13.8 Å². The Balaban J connectivity index is 3.36. The Morgan fingerprint density at radius 3 is 1.61 bits per heavy atom. The largest absolute Gasteiger partial charge is 0.370 e. The highest BCUT2D eigenvalue weighted by Crippen LogP contribution is 2.19. The van der Waals surface area contributed by atoms with Crippen molar-refractivity contribution in [2.75, 3.05) is 37.7 Å². The molecule has 0 spiro atoms. The minimum absolute atomic E-state index is 0.520. The molecule has 0 heterocycles. The van der Waals surface area contributed by atoms with Crippen LogP contribution in [0.4, 0.5) is 0 Å². The molecule has 0 rings (SSSR count). The molecule has 0 saturated carbocycles. The van der Waals surface area contributed by atoms with E-state index in [9.17, 15) is 0 Å². The van der Waals surface area contributed by atoms with Gasteiger partial charge in [0.25, 0.3) is 0 Å². The maximum atomic E-state index is 5.59. The fraction of sp³-hybridized carbons (Fsp3) is 0.800. The van der Waals surface area contributed by atoms with Gasteiger partial charge in [0.05, 0.1) is 13.1 Å². The smallest absolute Gasteiger partial charge is 0.188 e. The Kier molecular flexibility index (Phi) is 12.2. The highest BCUT2D eigenvalue weighted by atomic mass is 33.1. The summed E-state index contributed by atoms with van der Waals surface area (Å²) >= 11 is 0. The SMILES string of the molecule is CCNC(N)=NCCSSCCN=C(N)NCC. The third-order valence-corrected chi connectivity index (χ3v) is 4.08. The molecule has 0 fully saturated rings. The first-order valence-electron chi connectivity index (χ1n) is 6.02. The fourth-order valence-electron chi connectivity index (χ4n) is 0.999. The number of hydrogen-bond acceptors (Lipinski definition) is 4. The lowest BCUT2D eigenvalue weighted by molar-refractivity contribution is 0.936. The van der Waals surface area contributed by atoms with Crippen molar-refractivity contribution in [2.24, 2.45) is 21.5 Å². The second kappa shape index (κ2) is 12.7. The van der Waals surface area contributed by atoms with Crippen molar-refractivity contribution in [3.05, 3.63) is 0 Å². The van der Waals surface area contributed by atoms with Crippen LogP contribution in [0.1, 0.15) is 13.8 Å². The van der Waals surface area contributed by atoms with Crippen molar-refractivity contribution in [3.63, 3.8) is 0 Å². The lowest BCUT2D eigenvalue weighted by Crippen LogP contribution is -2.31. The van der Waals surface area contributed by atoms with Crippen molar-refractivity contribution in [2.45, 2.75) is 13.8 Å². The highest BCUT2D eigenvalue weighted by Gasteiger charge is 1.92. The van der Waals surface area contributed by atoms with Crippen LogP contribution in [0, 0.1) is 0 Å². The number of rotatable bonds is 9. The second-order valence-electron chi connectivity index (χ2n) is 3.24. The third kappa shape index (κ3) is 11.7. The molecule has 0 atom stereocenters. The van der Waals surface area contributed by atoms with Crippen LogP contribution in [0.3, 0.4) is 0 Å².